The molecule has 0 spiro atoms. The molecule has 5 nitrogen and oxygen atoms in total. The fraction of sp³-hybridized carbons (Fsp3) is 0.316. The number of sulfonamides is 1. The molecule has 0 saturated carbocycles. The SMILES string of the molecule is C[C@H](CCc1ccccc1)NC(=O)CN(c1cc(Cl)cc(Cl)c1)S(C)(=O)=O. The molecule has 0 aliphatic rings. The summed E-state index contributed by atoms with van der Waals surface area (Å²) in [4.78, 5) is 12.4. The van der Waals surface area contributed by atoms with Crippen molar-refractivity contribution in [3.63, 3.8) is 0 Å². The Kier molecular flexibility index (Phi) is 7.53. The Balaban J connectivity index is 2.01. The molecule has 0 aliphatic heterocycles. The van der Waals surface area contributed by atoms with Crippen LogP contribution in [-0.2, 0) is 21.2 Å². The molecule has 0 heterocycles. The smallest absolute Gasteiger partial charge is 0.240 e. The number of aryl methyl sites for hydroxylation is 1. The maximum Gasteiger partial charge on any atom is 0.240 e. The molecular weight excluding hydrogens is 407 g/mol. The predicted octanol–water partition coefficient (Wildman–Crippen LogP) is 3.90. The lowest BCUT2D eigenvalue weighted by Crippen LogP contribution is -2.43. The summed E-state index contributed by atoms with van der Waals surface area (Å²) >= 11 is 11.9. The number of nitrogens with zero attached hydrogens (tertiary/aromatic N) is 1. The summed E-state index contributed by atoms with van der Waals surface area (Å²) in [7, 11) is -3.68. The molecule has 146 valence electrons. The fourth-order valence-electron chi connectivity index (χ4n) is 2.63. The molecule has 1 atom stereocenters. The van der Waals surface area contributed by atoms with Crippen LogP contribution < -0.4 is 9.62 Å². The summed E-state index contributed by atoms with van der Waals surface area (Å²) in [5.41, 5.74) is 1.44. The summed E-state index contributed by atoms with van der Waals surface area (Å²) in [6.07, 6.45) is 2.60. The van der Waals surface area contributed by atoms with Gasteiger partial charge in [0.05, 0.1) is 11.9 Å². The lowest BCUT2D eigenvalue weighted by molar-refractivity contribution is -0.120. The summed E-state index contributed by atoms with van der Waals surface area (Å²) in [5, 5.41) is 3.43. The van der Waals surface area contributed by atoms with Crippen LogP contribution in [0, 0.1) is 0 Å². The van der Waals surface area contributed by atoms with Gasteiger partial charge >= 0.3 is 0 Å². The van der Waals surface area contributed by atoms with Crippen molar-refractivity contribution < 1.29 is 13.2 Å². The van der Waals surface area contributed by atoms with Gasteiger partial charge in [0.2, 0.25) is 15.9 Å². The summed E-state index contributed by atoms with van der Waals surface area (Å²) in [6.45, 7) is 1.55. The van der Waals surface area contributed by atoms with Crippen LogP contribution in [0.2, 0.25) is 10.0 Å². The molecule has 2 aromatic rings. The van der Waals surface area contributed by atoms with Gasteiger partial charge < -0.3 is 5.32 Å². The minimum atomic E-state index is -3.68. The zero-order valence-electron chi connectivity index (χ0n) is 15.2. The Bertz CT molecular complexity index is 869. The van der Waals surface area contributed by atoms with Crippen LogP contribution in [0.25, 0.3) is 0 Å². The summed E-state index contributed by atoms with van der Waals surface area (Å²) in [5.74, 6) is -0.392. The second-order valence-electron chi connectivity index (χ2n) is 6.39. The quantitative estimate of drug-likeness (QED) is 0.692. The minimum Gasteiger partial charge on any atom is -0.352 e. The number of hydrogen-bond acceptors (Lipinski definition) is 3. The topological polar surface area (TPSA) is 66.5 Å². The van der Waals surface area contributed by atoms with E-state index in [0.717, 1.165) is 23.4 Å². The Morgan fingerprint density at radius 1 is 1.11 bits per heavy atom. The molecule has 2 rings (SSSR count). The van der Waals surface area contributed by atoms with Gasteiger partial charge in [0, 0.05) is 16.1 Å². The number of halogens is 2. The van der Waals surface area contributed by atoms with Crippen molar-refractivity contribution in [1.82, 2.24) is 5.32 Å². The highest BCUT2D eigenvalue weighted by atomic mass is 35.5. The van der Waals surface area contributed by atoms with E-state index in [1.54, 1.807) is 0 Å². The van der Waals surface area contributed by atoms with Crippen LogP contribution in [0.5, 0.6) is 0 Å². The van der Waals surface area contributed by atoms with E-state index >= 15 is 0 Å². The first-order valence-corrected chi connectivity index (χ1v) is 11.0. The molecule has 0 aromatic heterocycles. The average Bonchev–Trinajstić information content (AvgIpc) is 2.57. The fourth-order valence-corrected chi connectivity index (χ4v) is 3.99. The number of rotatable bonds is 8. The van der Waals surface area contributed by atoms with E-state index in [1.807, 2.05) is 37.3 Å². The highest BCUT2D eigenvalue weighted by molar-refractivity contribution is 7.92. The van der Waals surface area contributed by atoms with E-state index < -0.39 is 15.9 Å². The third-order valence-corrected chi connectivity index (χ3v) is 5.52. The lowest BCUT2D eigenvalue weighted by Gasteiger charge is -2.23. The number of anilines is 1. The molecule has 0 radical (unpaired) electrons. The van der Waals surface area contributed by atoms with Crippen molar-refractivity contribution >= 4 is 44.8 Å². The van der Waals surface area contributed by atoms with Crippen molar-refractivity contribution in [2.24, 2.45) is 0 Å². The molecule has 2 aromatic carbocycles. The maximum absolute atomic E-state index is 12.4. The van der Waals surface area contributed by atoms with Crippen LogP contribution in [0.1, 0.15) is 18.9 Å². The number of benzene rings is 2. The second-order valence-corrected chi connectivity index (χ2v) is 9.17. The first kappa shape index (κ1) is 21.5. The van der Waals surface area contributed by atoms with Gasteiger partial charge in [-0.15, -0.1) is 0 Å². The Morgan fingerprint density at radius 2 is 1.70 bits per heavy atom. The average molecular weight is 429 g/mol. The van der Waals surface area contributed by atoms with E-state index in [0.29, 0.717) is 10.0 Å². The van der Waals surface area contributed by atoms with Crippen molar-refractivity contribution in [3.8, 4) is 0 Å². The largest absolute Gasteiger partial charge is 0.352 e. The van der Waals surface area contributed by atoms with E-state index in [2.05, 4.69) is 5.32 Å². The van der Waals surface area contributed by atoms with Gasteiger partial charge in [-0.25, -0.2) is 8.42 Å². The Labute approximate surface area is 170 Å². The van der Waals surface area contributed by atoms with Gasteiger partial charge in [0.1, 0.15) is 6.54 Å². The third kappa shape index (κ3) is 7.05. The molecule has 0 aliphatic carbocycles. The number of carbonyl (C=O) groups excluding carboxylic acids is 1. The second kappa shape index (κ2) is 9.44. The van der Waals surface area contributed by atoms with Gasteiger partial charge in [-0.3, -0.25) is 9.10 Å². The number of hydrogen-bond donors (Lipinski definition) is 1. The summed E-state index contributed by atoms with van der Waals surface area (Å²) < 4.78 is 25.3. The molecule has 8 heteroatoms. The number of nitrogens with one attached hydrogen (secondary N) is 1. The zero-order valence-corrected chi connectivity index (χ0v) is 17.5. The van der Waals surface area contributed by atoms with E-state index in [4.69, 9.17) is 23.2 Å². The zero-order chi connectivity index (χ0) is 20.0. The van der Waals surface area contributed by atoms with E-state index in [1.165, 1.54) is 23.8 Å². The van der Waals surface area contributed by atoms with Crippen LogP contribution in [0.3, 0.4) is 0 Å². The van der Waals surface area contributed by atoms with Crippen molar-refractivity contribution in [1.29, 1.82) is 0 Å². The Morgan fingerprint density at radius 3 is 2.26 bits per heavy atom. The molecule has 0 unspecified atom stereocenters. The number of amides is 1. The maximum atomic E-state index is 12.4. The summed E-state index contributed by atoms with van der Waals surface area (Å²) in [6, 6.07) is 14.3. The van der Waals surface area contributed by atoms with Crippen molar-refractivity contribution in [2.75, 3.05) is 17.1 Å². The van der Waals surface area contributed by atoms with E-state index in [-0.39, 0.29) is 18.3 Å². The molecular formula is C19H22Cl2N2O3S. The standard InChI is InChI=1S/C19H22Cl2N2O3S/c1-14(8-9-15-6-4-3-5-7-15)22-19(24)13-23(27(2,25)26)18-11-16(20)10-17(21)12-18/h3-7,10-12,14H,8-9,13H2,1-2H3,(H,22,24)/t14-/m1/s1. The highest BCUT2D eigenvalue weighted by Gasteiger charge is 2.22. The number of carbonyl (C=O) groups is 1. The molecule has 27 heavy (non-hydrogen) atoms. The third-order valence-electron chi connectivity index (χ3n) is 3.94. The van der Waals surface area contributed by atoms with Gasteiger partial charge in [-0.1, -0.05) is 53.5 Å². The normalized spacial score (nSPS) is 12.4. The van der Waals surface area contributed by atoms with Gasteiger partial charge in [-0.2, -0.15) is 0 Å². The van der Waals surface area contributed by atoms with Crippen LogP contribution >= 0.6 is 23.2 Å². The molecule has 0 saturated heterocycles. The van der Waals surface area contributed by atoms with Crippen molar-refractivity contribution in [2.45, 2.75) is 25.8 Å². The van der Waals surface area contributed by atoms with Crippen LogP contribution in [-0.4, -0.2) is 33.2 Å². The highest BCUT2D eigenvalue weighted by Crippen LogP contribution is 2.26. The van der Waals surface area contributed by atoms with Gasteiger partial charge in [0.25, 0.3) is 0 Å². The first-order valence-electron chi connectivity index (χ1n) is 8.42. The van der Waals surface area contributed by atoms with Gasteiger partial charge in [0.15, 0.2) is 0 Å². The van der Waals surface area contributed by atoms with Crippen LogP contribution in [0.15, 0.2) is 48.5 Å². The monoisotopic (exact) mass is 428 g/mol. The van der Waals surface area contributed by atoms with Crippen LogP contribution in [0.4, 0.5) is 5.69 Å². The lowest BCUT2D eigenvalue weighted by atomic mass is 10.1. The van der Waals surface area contributed by atoms with E-state index in [9.17, 15) is 13.2 Å². The Hall–Kier alpha value is -1.76. The molecule has 1 N–H and O–H groups in total. The first-order chi connectivity index (χ1) is 12.6. The molecule has 1 amide bonds. The molecule has 0 fully saturated rings. The minimum absolute atomic E-state index is 0.0953. The predicted molar refractivity (Wildman–Crippen MR) is 111 cm³/mol. The van der Waals surface area contributed by atoms with Gasteiger partial charge in [-0.05, 0) is 43.5 Å². The van der Waals surface area contributed by atoms with Crippen molar-refractivity contribution in [3.05, 3.63) is 64.1 Å². The molecule has 0 bridgehead atoms.